The van der Waals surface area contributed by atoms with Gasteiger partial charge in [0.2, 0.25) is 0 Å². The van der Waals surface area contributed by atoms with E-state index in [-0.39, 0.29) is 0 Å². The van der Waals surface area contributed by atoms with E-state index >= 15 is 0 Å². The Kier molecular flexibility index (Phi) is 2.96. The Morgan fingerprint density at radius 2 is 2.41 bits per heavy atom. The van der Waals surface area contributed by atoms with E-state index in [0.29, 0.717) is 0 Å². The van der Waals surface area contributed by atoms with Gasteiger partial charge >= 0.3 is 0 Å². The monoisotopic (exact) mass is 230 g/mol. The highest BCUT2D eigenvalue weighted by Crippen LogP contribution is 2.18. The summed E-state index contributed by atoms with van der Waals surface area (Å²) in [6.45, 7) is 3.36. The Balaban J connectivity index is 1.63. The van der Waals surface area contributed by atoms with Crippen molar-refractivity contribution in [2.45, 2.75) is 12.8 Å². The quantitative estimate of drug-likeness (QED) is 0.755. The third kappa shape index (κ3) is 2.42. The van der Waals surface area contributed by atoms with Crippen LogP contribution in [0.15, 0.2) is 24.4 Å². The second-order valence-corrected chi connectivity index (χ2v) is 4.77. The number of fused-ring (bicyclic) bond motifs is 1. The van der Waals surface area contributed by atoms with E-state index in [1.165, 1.54) is 25.1 Å². The van der Waals surface area contributed by atoms with Gasteiger partial charge in [0.15, 0.2) is 0 Å². The lowest BCUT2D eigenvalue weighted by Gasteiger charge is -2.23. The van der Waals surface area contributed by atoms with Crippen LogP contribution in [0.1, 0.15) is 12.8 Å². The van der Waals surface area contributed by atoms with Gasteiger partial charge in [0, 0.05) is 17.6 Å². The molecule has 1 aliphatic rings. The van der Waals surface area contributed by atoms with Gasteiger partial charge in [-0.2, -0.15) is 5.10 Å². The molecular formula is C13H18N4. The fourth-order valence-corrected chi connectivity index (χ4v) is 2.41. The van der Waals surface area contributed by atoms with Crippen molar-refractivity contribution in [2.24, 2.45) is 5.92 Å². The second-order valence-electron chi connectivity index (χ2n) is 4.77. The normalized spacial score (nSPS) is 20.6. The summed E-state index contributed by atoms with van der Waals surface area (Å²) in [5, 5.41) is 15.1. The van der Waals surface area contributed by atoms with Crippen molar-refractivity contribution in [1.29, 1.82) is 0 Å². The Morgan fingerprint density at radius 3 is 3.29 bits per heavy atom. The molecule has 0 spiro atoms. The van der Waals surface area contributed by atoms with Crippen LogP contribution in [0.4, 0.5) is 5.69 Å². The average Bonchev–Trinajstić information content (AvgIpc) is 2.85. The fraction of sp³-hybridized carbons (Fsp3) is 0.462. The van der Waals surface area contributed by atoms with Gasteiger partial charge < -0.3 is 10.6 Å². The smallest absolute Gasteiger partial charge is 0.0670 e. The molecule has 3 N–H and O–H groups in total. The number of rotatable bonds is 3. The molecule has 1 fully saturated rings. The SMILES string of the molecule is c1cc2cn[nH]c2cc1NCC1CCCNC1. The molecule has 4 nitrogen and oxygen atoms in total. The molecule has 0 aliphatic carbocycles. The van der Waals surface area contributed by atoms with Crippen LogP contribution in [0.5, 0.6) is 0 Å². The molecule has 0 radical (unpaired) electrons. The summed E-state index contributed by atoms with van der Waals surface area (Å²) in [5.74, 6) is 0.751. The highest BCUT2D eigenvalue weighted by molar-refractivity contribution is 5.81. The van der Waals surface area contributed by atoms with Crippen molar-refractivity contribution >= 4 is 16.6 Å². The summed E-state index contributed by atoms with van der Waals surface area (Å²) in [6.07, 6.45) is 4.47. The molecule has 3 rings (SSSR count). The first-order valence-electron chi connectivity index (χ1n) is 6.29. The Bertz CT molecular complexity index is 485. The third-order valence-corrected chi connectivity index (χ3v) is 3.44. The van der Waals surface area contributed by atoms with E-state index in [0.717, 1.165) is 29.9 Å². The van der Waals surface area contributed by atoms with Crippen molar-refractivity contribution in [2.75, 3.05) is 25.0 Å². The first-order chi connectivity index (χ1) is 8.42. The average molecular weight is 230 g/mol. The van der Waals surface area contributed by atoms with Crippen molar-refractivity contribution < 1.29 is 0 Å². The van der Waals surface area contributed by atoms with Crippen LogP contribution in [0, 0.1) is 5.92 Å². The molecule has 4 heteroatoms. The largest absolute Gasteiger partial charge is 0.385 e. The van der Waals surface area contributed by atoms with Gasteiger partial charge in [0.25, 0.3) is 0 Å². The summed E-state index contributed by atoms with van der Waals surface area (Å²) in [6, 6.07) is 6.34. The molecule has 17 heavy (non-hydrogen) atoms. The lowest BCUT2D eigenvalue weighted by atomic mass is 10.00. The Hall–Kier alpha value is -1.55. The zero-order chi connectivity index (χ0) is 11.5. The van der Waals surface area contributed by atoms with Crippen LogP contribution in [-0.2, 0) is 0 Å². The molecule has 2 heterocycles. The molecular weight excluding hydrogens is 212 g/mol. The number of benzene rings is 1. The van der Waals surface area contributed by atoms with Gasteiger partial charge in [-0.05, 0) is 50.0 Å². The maximum atomic E-state index is 4.03. The van der Waals surface area contributed by atoms with Crippen LogP contribution >= 0.6 is 0 Å². The van der Waals surface area contributed by atoms with Crippen LogP contribution in [0.2, 0.25) is 0 Å². The van der Waals surface area contributed by atoms with E-state index in [1.807, 2.05) is 6.20 Å². The summed E-state index contributed by atoms with van der Waals surface area (Å²) in [5.41, 5.74) is 2.27. The highest BCUT2D eigenvalue weighted by atomic mass is 15.1. The molecule has 1 atom stereocenters. The molecule has 1 aromatic heterocycles. The number of hydrogen-bond donors (Lipinski definition) is 3. The van der Waals surface area contributed by atoms with Crippen LogP contribution in [0.3, 0.4) is 0 Å². The highest BCUT2D eigenvalue weighted by Gasteiger charge is 2.12. The standard InChI is InChI=1S/C13H18N4/c1-2-10(7-14-5-1)8-15-12-4-3-11-9-16-17-13(11)6-12/h3-4,6,9-10,14-15H,1-2,5,7-8H2,(H,16,17). The van der Waals surface area contributed by atoms with E-state index in [2.05, 4.69) is 39.0 Å². The number of hydrogen-bond acceptors (Lipinski definition) is 3. The molecule has 1 unspecified atom stereocenters. The number of aromatic amines is 1. The maximum absolute atomic E-state index is 4.03. The first kappa shape index (κ1) is 10.6. The van der Waals surface area contributed by atoms with Gasteiger partial charge in [-0.3, -0.25) is 5.10 Å². The minimum Gasteiger partial charge on any atom is -0.385 e. The molecule has 2 aromatic rings. The maximum Gasteiger partial charge on any atom is 0.0670 e. The van der Waals surface area contributed by atoms with E-state index in [1.54, 1.807) is 0 Å². The number of piperidine rings is 1. The fourth-order valence-electron chi connectivity index (χ4n) is 2.41. The topological polar surface area (TPSA) is 52.7 Å². The number of anilines is 1. The zero-order valence-electron chi connectivity index (χ0n) is 9.87. The number of nitrogens with one attached hydrogen (secondary N) is 3. The Morgan fingerprint density at radius 1 is 1.41 bits per heavy atom. The lowest BCUT2D eigenvalue weighted by molar-refractivity contribution is 0.393. The van der Waals surface area contributed by atoms with Crippen molar-refractivity contribution in [1.82, 2.24) is 15.5 Å². The summed E-state index contributed by atoms with van der Waals surface area (Å²) in [4.78, 5) is 0. The van der Waals surface area contributed by atoms with Crippen LogP contribution in [-0.4, -0.2) is 29.8 Å². The van der Waals surface area contributed by atoms with Gasteiger partial charge in [-0.15, -0.1) is 0 Å². The summed E-state index contributed by atoms with van der Waals surface area (Å²) < 4.78 is 0. The molecule has 1 saturated heterocycles. The third-order valence-electron chi connectivity index (χ3n) is 3.44. The van der Waals surface area contributed by atoms with E-state index < -0.39 is 0 Å². The minimum atomic E-state index is 0.751. The van der Waals surface area contributed by atoms with Crippen LogP contribution < -0.4 is 10.6 Å². The molecule has 0 saturated carbocycles. The molecule has 0 amide bonds. The number of nitrogens with zero attached hydrogens (tertiary/aromatic N) is 1. The van der Waals surface area contributed by atoms with Gasteiger partial charge in [0.1, 0.15) is 0 Å². The molecule has 0 bridgehead atoms. The van der Waals surface area contributed by atoms with Crippen molar-refractivity contribution in [3.8, 4) is 0 Å². The van der Waals surface area contributed by atoms with Crippen LogP contribution in [0.25, 0.3) is 10.9 Å². The minimum absolute atomic E-state index is 0.751. The molecule has 1 aromatic carbocycles. The number of aromatic nitrogens is 2. The van der Waals surface area contributed by atoms with E-state index in [4.69, 9.17) is 0 Å². The predicted octanol–water partition coefficient (Wildman–Crippen LogP) is 1.97. The van der Waals surface area contributed by atoms with Crippen molar-refractivity contribution in [3.63, 3.8) is 0 Å². The summed E-state index contributed by atoms with van der Waals surface area (Å²) in [7, 11) is 0. The van der Waals surface area contributed by atoms with Gasteiger partial charge in [0.05, 0.1) is 11.7 Å². The van der Waals surface area contributed by atoms with Gasteiger partial charge in [-0.25, -0.2) is 0 Å². The second kappa shape index (κ2) is 4.75. The van der Waals surface area contributed by atoms with Crippen molar-refractivity contribution in [3.05, 3.63) is 24.4 Å². The Labute approximate surface area is 101 Å². The molecule has 90 valence electrons. The first-order valence-corrected chi connectivity index (χ1v) is 6.29. The predicted molar refractivity (Wildman–Crippen MR) is 70.2 cm³/mol. The molecule has 1 aliphatic heterocycles. The van der Waals surface area contributed by atoms with E-state index in [9.17, 15) is 0 Å². The lowest BCUT2D eigenvalue weighted by Crippen LogP contribution is -2.33. The zero-order valence-corrected chi connectivity index (χ0v) is 9.87. The number of H-pyrrole nitrogens is 1. The van der Waals surface area contributed by atoms with Gasteiger partial charge in [-0.1, -0.05) is 0 Å². The summed E-state index contributed by atoms with van der Waals surface area (Å²) >= 11 is 0.